The van der Waals surface area contributed by atoms with Crippen LogP contribution < -0.4 is 0 Å². The summed E-state index contributed by atoms with van der Waals surface area (Å²) in [6, 6.07) is 0. The van der Waals surface area contributed by atoms with E-state index in [0.717, 1.165) is 18.0 Å². The average Bonchev–Trinajstić information content (AvgIpc) is 1.97. The Morgan fingerprint density at radius 2 is 2.22 bits per heavy atom. The van der Waals surface area contributed by atoms with E-state index >= 15 is 0 Å². The van der Waals surface area contributed by atoms with Gasteiger partial charge in [-0.05, 0) is 19.9 Å². The molecule has 1 aliphatic rings. The van der Waals surface area contributed by atoms with Crippen LogP contribution in [-0.2, 0) is 0 Å². The van der Waals surface area contributed by atoms with Gasteiger partial charge in [0.05, 0.1) is 12.3 Å². The molecule has 0 radical (unpaired) electrons. The Morgan fingerprint density at radius 3 is 3.00 bits per heavy atom. The molecule has 0 amide bonds. The van der Waals surface area contributed by atoms with Crippen LogP contribution in [0.1, 0.15) is 13.8 Å². The minimum atomic E-state index is 0.775. The third-order valence-electron chi connectivity index (χ3n) is 1.18. The van der Waals surface area contributed by atoms with Crippen LogP contribution in [0.5, 0.6) is 0 Å². The Morgan fingerprint density at radius 1 is 1.44 bits per heavy atom. The van der Waals surface area contributed by atoms with Crippen molar-refractivity contribution in [3.8, 4) is 0 Å². The minimum absolute atomic E-state index is 0.775. The lowest BCUT2D eigenvalue weighted by atomic mass is 10.4. The van der Waals surface area contributed by atoms with E-state index in [1.807, 2.05) is 19.9 Å². The first kappa shape index (κ1) is 6.20. The maximum atomic E-state index is 4.16. The zero-order valence-corrected chi connectivity index (χ0v) is 5.76. The van der Waals surface area contributed by atoms with Crippen LogP contribution in [0.15, 0.2) is 21.8 Å². The summed E-state index contributed by atoms with van der Waals surface area (Å²) in [4.78, 5) is 8.27. The quantitative estimate of drug-likeness (QED) is 0.464. The van der Waals surface area contributed by atoms with Gasteiger partial charge < -0.3 is 0 Å². The van der Waals surface area contributed by atoms with Crippen molar-refractivity contribution in [2.45, 2.75) is 13.8 Å². The molecule has 1 rings (SSSR count). The van der Waals surface area contributed by atoms with E-state index in [2.05, 4.69) is 9.98 Å². The molecular weight excluding hydrogens is 112 g/mol. The molecule has 1 heterocycles. The van der Waals surface area contributed by atoms with E-state index in [9.17, 15) is 0 Å². The monoisotopic (exact) mass is 122 g/mol. The number of nitrogens with zero attached hydrogens (tertiary/aromatic N) is 2. The molecular formula is C7H10N2. The topological polar surface area (TPSA) is 24.7 Å². The van der Waals surface area contributed by atoms with Gasteiger partial charge in [-0.3, -0.25) is 9.98 Å². The van der Waals surface area contributed by atoms with E-state index in [-0.39, 0.29) is 0 Å². The second-order valence-corrected chi connectivity index (χ2v) is 2.09. The van der Waals surface area contributed by atoms with Crippen molar-refractivity contribution in [3.05, 3.63) is 11.8 Å². The number of rotatable bonds is 0. The van der Waals surface area contributed by atoms with E-state index in [4.69, 9.17) is 0 Å². The summed E-state index contributed by atoms with van der Waals surface area (Å²) in [5.74, 6) is 0. The number of allylic oxidation sites excluding steroid dienone is 1. The van der Waals surface area contributed by atoms with E-state index in [1.54, 1.807) is 6.21 Å². The van der Waals surface area contributed by atoms with Gasteiger partial charge in [-0.15, -0.1) is 0 Å². The van der Waals surface area contributed by atoms with Gasteiger partial charge in [0.15, 0.2) is 0 Å². The molecule has 0 bridgehead atoms. The van der Waals surface area contributed by atoms with E-state index < -0.39 is 0 Å². The smallest absolute Gasteiger partial charge is 0.0594 e. The summed E-state index contributed by atoms with van der Waals surface area (Å²) in [5.41, 5.74) is 2.05. The van der Waals surface area contributed by atoms with Gasteiger partial charge in [-0.25, -0.2) is 0 Å². The standard InChI is InChI=1S/C7H10N2/c1-6-3-4-8-7(2)5-9-6/h3,5H,4H2,1-2H3. The molecule has 0 fully saturated rings. The maximum absolute atomic E-state index is 4.16. The van der Waals surface area contributed by atoms with Crippen molar-refractivity contribution >= 4 is 11.9 Å². The summed E-state index contributed by atoms with van der Waals surface area (Å²) in [7, 11) is 0. The van der Waals surface area contributed by atoms with Crippen LogP contribution in [0.2, 0.25) is 0 Å². The van der Waals surface area contributed by atoms with Gasteiger partial charge in [0.2, 0.25) is 0 Å². The molecule has 0 aromatic rings. The van der Waals surface area contributed by atoms with Crippen LogP contribution in [0.3, 0.4) is 0 Å². The zero-order chi connectivity index (χ0) is 6.69. The predicted molar refractivity (Wildman–Crippen MR) is 40.2 cm³/mol. The highest BCUT2D eigenvalue weighted by Crippen LogP contribution is 1.96. The maximum Gasteiger partial charge on any atom is 0.0594 e. The molecule has 1 aliphatic heterocycles. The summed E-state index contributed by atoms with van der Waals surface area (Å²) >= 11 is 0. The average molecular weight is 122 g/mol. The lowest BCUT2D eigenvalue weighted by Crippen LogP contribution is -1.90. The van der Waals surface area contributed by atoms with Crippen LogP contribution in [0.25, 0.3) is 0 Å². The first-order valence-electron chi connectivity index (χ1n) is 3.01. The van der Waals surface area contributed by atoms with Crippen LogP contribution in [0.4, 0.5) is 0 Å². The fraction of sp³-hybridized carbons (Fsp3) is 0.429. The van der Waals surface area contributed by atoms with Crippen LogP contribution in [0, 0.1) is 0 Å². The first-order valence-corrected chi connectivity index (χ1v) is 3.01. The van der Waals surface area contributed by atoms with Crippen molar-refractivity contribution in [2.75, 3.05) is 6.54 Å². The van der Waals surface area contributed by atoms with Crippen molar-refractivity contribution in [1.82, 2.24) is 0 Å². The van der Waals surface area contributed by atoms with Gasteiger partial charge in [0.25, 0.3) is 0 Å². The molecule has 0 N–H and O–H groups in total. The fourth-order valence-corrected chi connectivity index (χ4v) is 0.611. The highest BCUT2D eigenvalue weighted by atomic mass is 14.8. The SMILES string of the molecule is CC1=CCN=C(C)C=N1. The molecule has 0 unspecified atom stereocenters. The third kappa shape index (κ3) is 1.80. The lowest BCUT2D eigenvalue weighted by Gasteiger charge is -1.82. The predicted octanol–water partition coefficient (Wildman–Crippen LogP) is 1.44. The second-order valence-electron chi connectivity index (χ2n) is 2.09. The van der Waals surface area contributed by atoms with Gasteiger partial charge >= 0.3 is 0 Å². The van der Waals surface area contributed by atoms with Crippen molar-refractivity contribution in [1.29, 1.82) is 0 Å². The summed E-state index contributed by atoms with van der Waals surface area (Å²) in [6.07, 6.45) is 3.80. The van der Waals surface area contributed by atoms with Crippen LogP contribution in [-0.4, -0.2) is 18.5 Å². The Hall–Kier alpha value is -0.920. The second kappa shape index (κ2) is 2.58. The summed E-state index contributed by atoms with van der Waals surface area (Å²) < 4.78 is 0. The fourth-order valence-electron chi connectivity index (χ4n) is 0.611. The number of hydrogen-bond donors (Lipinski definition) is 0. The van der Waals surface area contributed by atoms with Crippen molar-refractivity contribution in [2.24, 2.45) is 9.98 Å². The van der Waals surface area contributed by atoms with Gasteiger partial charge in [-0.1, -0.05) is 0 Å². The minimum Gasteiger partial charge on any atom is -0.284 e. The number of hydrogen-bond acceptors (Lipinski definition) is 2. The molecule has 0 atom stereocenters. The van der Waals surface area contributed by atoms with Gasteiger partial charge in [0, 0.05) is 11.9 Å². The Bertz CT molecular complexity index is 167. The molecule has 0 spiro atoms. The molecule has 0 saturated heterocycles. The molecule has 0 aliphatic carbocycles. The number of aliphatic imine (C=N–C) groups is 2. The molecule has 2 heteroatoms. The van der Waals surface area contributed by atoms with Crippen LogP contribution >= 0.6 is 0 Å². The largest absolute Gasteiger partial charge is 0.284 e. The van der Waals surface area contributed by atoms with E-state index in [1.165, 1.54) is 0 Å². The molecule has 0 aromatic carbocycles. The summed E-state index contributed by atoms with van der Waals surface area (Å²) in [5, 5.41) is 0. The van der Waals surface area contributed by atoms with Crippen molar-refractivity contribution < 1.29 is 0 Å². The normalized spacial score (nSPS) is 18.4. The summed E-state index contributed by atoms with van der Waals surface area (Å²) in [6.45, 7) is 4.71. The Balaban J connectivity index is 2.75. The van der Waals surface area contributed by atoms with E-state index in [0.29, 0.717) is 0 Å². The Kier molecular flexibility index (Phi) is 1.78. The molecule has 9 heavy (non-hydrogen) atoms. The van der Waals surface area contributed by atoms with Crippen molar-refractivity contribution in [3.63, 3.8) is 0 Å². The highest BCUT2D eigenvalue weighted by Gasteiger charge is 1.89. The van der Waals surface area contributed by atoms with Gasteiger partial charge in [-0.2, -0.15) is 0 Å². The molecule has 0 aromatic heterocycles. The highest BCUT2D eigenvalue weighted by molar-refractivity contribution is 6.29. The molecule has 48 valence electrons. The Labute approximate surface area is 55.0 Å². The third-order valence-corrected chi connectivity index (χ3v) is 1.18. The van der Waals surface area contributed by atoms with Gasteiger partial charge in [0.1, 0.15) is 0 Å². The lowest BCUT2D eigenvalue weighted by molar-refractivity contribution is 1.20. The zero-order valence-electron chi connectivity index (χ0n) is 5.76. The first-order chi connectivity index (χ1) is 4.29. The molecule has 0 saturated carbocycles. The molecule has 2 nitrogen and oxygen atoms in total.